The number of benzene rings is 1. The molecule has 17 heavy (non-hydrogen) atoms. The Morgan fingerprint density at radius 2 is 2.06 bits per heavy atom. The fourth-order valence-electron chi connectivity index (χ4n) is 1.78. The molecule has 0 aliphatic carbocycles. The molecule has 0 aliphatic rings. The highest BCUT2D eigenvalue weighted by Gasteiger charge is 2.23. The summed E-state index contributed by atoms with van der Waals surface area (Å²) in [6.45, 7) is 4.28. The van der Waals surface area contributed by atoms with Crippen molar-refractivity contribution in [2.75, 3.05) is 13.7 Å². The summed E-state index contributed by atoms with van der Waals surface area (Å²) in [6.07, 6.45) is -0.587. The molecule has 0 spiro atoms. The van der Waals surface area contributed by atoms with Gasteiger partial charge in [0.2, 0.25) is 0 Å². The molecule has 3 nitrogen and oxygen atoms in total. The average Bonchev–Trinajstić information content (AvgIpc) is 2.35. The van der Waals surface area contributed by atoms with E-state index in [0.29, 0.717) is 24.3 Å². The van der Waals surface area contributed by atoms with Crippen LogP contribution in [0.3, 0.4) is 0 Å². The summed E-state index contributed by atoms with van der Waals surface area (Å²) in [5, 5.41) is 10.2. The maximum atomic E-state index is 13.2. The summed E-state index contributed by atoms with van der Waals surface area (Å²) in [7, 11) is 1.49. The summed E-state index contributed by atoms with van der Waals surface area (Å²) in [4.78, 5) is 0. The standard InChI is InChI=1S/C13H19FO3/c1-4-11(17-5-2)13(15)10-8-9(14)6-7-12(10)16-3/h6-8,11,13,15H,4-5H2,1-3H3. The predicted octanol–water partition coefficient (Wildman–Crippen LogP) is 2.68. The molecule has 0 bridgehead atoms. The van der Waals surface area contributed by atoms with Gasteiger partial charge in [0, 0.05) is 12.2 Å². The van der Waals surface area contributed by atoms with Crippen LogP contribution in [0.4, 0.5) is 4.39 Å². The third-order valence-electron chi connectivity index (χ3n) is 2.65. The van der Waals surface area contributed by atoms with Crippen molar-refractivity contribution in [2.24, 2.45) is 0 Å². The van der Waals surface area contributed by atoms with Crippen molar-refractivity contribution in [3.8, 4) is 5.75 Å². The molecule has 2 unspecified atom stereocenters. The SMILES string of the molecule is CCOC(CC)C(O)c1cc(F)ccc1OC. The molecular weight excluding hydrogens is 223 g/mol. The highest BCUT2D eigenvalue weighted by molar-refractivity contribution is 5.36. The first kappa shape index (κ1) is 13.9. The zero-order chi connectivity index (χ0) is 12.8. The monoisotopic (exact) mass is 242 g/mol. The van der Waals surface area contributed by atoms with E-state index >= 15 is 0 Å². The fraction of sp³-hybridized carbons (Fsp3) is 0.538. The Bertz CT molecular complexity index is 355. The quantitative estimate of drug-likeness (QED) is 0.833. The van der Waals surface area contributed by atoms with Crippen LogP contribution in [-0.2, 0) is 4.74 Å². The predicted molar refractivity (Wildman–Crippen MR) is 63.6 cm³/mol. The van der Waals surface area contributed by atoms with Gasteiger partial charge >= 0.3 is 0 Å². The van der Waals surface area contributed by atoms with Gasteiger partial charge in [0.25, 0.3) is 0 Å². The molecule has 0 saturated carbocycles. The lowest BCUT2D eigenvalue weighted by atomic mass is 10.0. The molecule has 0 fully saturated rings. The Labute approximate surface area is 101 Å². The number of ether oxygens (including phenoxy) is 2. The topological polar surface area (TPSA) is 38.7 Å². The van der Waals surface area contributed by atoms with Crippen molar-refractivity contribution >= 4 is 0 Å². The van der Waals surface area contributed by atoms with Crippen molar-refractivity contribution in [3.63, 3.8) is 0 Å². The van der Waals surface area contributed by atoms with Gasteiger partial charge in [0.1, 0.15) is 17.7 Å². The van der Waals surface area contributed by atoms with Crippen molar-refractivity contribution in [2.45, 2.75) is 32.5 Å². The first-order valence-corrected chi connectivity index (χ1v) is 5.77. The lowest BCUT2D eigenvalue weighted by Crippen LogP contribution is -2.22. The Morgan fingerprint density at radius 3 is 2.59 bits per heavy atom. The molecule has 0 aromatic heterocycles. The van der Waals surface area contributed by atoms with Gasteiger partial charge in [-0.1, -0.05) is 6.92 Å². The van der Waals surface area contributed by atoms with Gasteiger partial charge in [0.05, 0.1) is 13.2 Å². The number of aliphatic hydroxyl groups is 1. The molecule has 0 aliphatic heterocycles. The third-order valence-corrected chi connectivity index (χ3v) is 2.65. The molecular formula is C13H19FO3. The zero-order valence-electron chi connectivity index (χ0n) is 10.4. The first-order valence-electron chi connectivity index (χ1n) is 5.77. The van der Waals surface area contributed by atoms with Crippen molar-refractivity contribution in [1.82, 2.24) is 0 Å². The van der Waals surface area contributed by atoms with Gasteiger partial charge in [-0.2, -0.15) is 0 Å². The molecule has 2 atom stereocenters. The number of halogens is 1. The second-order valence-corrected chi connectivity index (χ2v) is 3.73. The number of rotatable bonds is 6. The molecule has 1 N–H and O–H groups in total. The minimum absolute atomic E-state index is 0.351. The lowest BCUT2D eigenvalue weighted by molar-refractivity contribution is -0.0364. The third kappa shape index (κ3) is 3.41. The second-order valence-electron chi connectivity index (χ2n) is 3.73. The largest absolute Gasteiger partial charge is 0.496 e. The maximum absolute atomic E-state index is 13.2. The van der Waals surface area contributed by atoms with Gasteiger partial charge in [-0.05, 0) is 31.5 Å². The Kier molecular flexibility index (Phi) is 5.38. The van der Waals surface area contributed by atoms with Crippen LogP contribution in [0.2, 0.25) is 0 Å². The highest BCUT2D eigenvalue weighted by atomic mass is 19.1. The van der Waals surface area contributed by atoms with E-state index in [4.69, 9.17) is 9.47 Å². The van der Waals surface area contributed by atoms with Crippen molar-refractivity contribution in [1.29, 1.82) is 0 Å². The number of methoxy groups -OCH3 is 1. The van der Waals surface area contributed by atoms with Gasteiger partial charge in [-0.15, -0.1) is 0 Å². The summed E-state index contributed by atoms with van der Waals surface area (Å²) in [5.41, 5.74) is 0.424. The first-order chi connectivity index (χ1) is 8.13. The van der Waals surface area contributed by atoms with Crippen LogP contribution in [0, 0.1) is 5.82 Å². The highest BCUT2D eigenvalue weighted by Crippen LogP contribution is 2.30. The smallest absolute Gasteiger partial charge is 0.124 e. The molecule has 0 saturated heterocycles. The second kappa shape index (κ2) is 6.57. The summed E-state index contributed by atoms with van der Waals surface area (Å²) in [5.74, 6) is 0.0725. The van der Waals surface area contributed by atoms with Gasteiger partial charge in [0.15, 0.2) is 0 Å². The van der Waals surface area contributed by atoms with E-state index in [1.807, 2.05) is 13.8 Å². The van der Waals surface area contributed by atoms with E-state index in [2.05, 4.69) is 0 Å². The molecule has 4 heteroatoms. The van der Waals surface area contributed by atoms with Crippen LogP contribution in [0.1, 0.15) is 31.9 Å². The Hall–Kier alpha value is -1.13. The molecule has 0 amide bonds. The lowest BCUT2D eigenvalue weighted by Gasteiger charge is -2.23. The Morgan fingerprint density at radius 1 is 1.35 bits per heavy atom. The number of hydrogen-bond donors (Lipinski definition) is 1. The minimum atomic E-state index is -0.884. The fourth-order valence-corrected chi connectivity index (χ4v) is 1.78. The molecule has 1 rings (SSSR count). The van der Waals surface area contributed by atoms with Crippen molar-refractivity contribution in [3.05, 3.63) is 29.6 Å². The molecule has 1 aromatic rings. The van der Waals surface area contributed by atoms with Crippen LogP contribution in [0.25, 0.3) is 0 Å². The van der Waals surface area contributed by atoms with Crippen LogP contribution in [0.5, 0.6) is 5.75 Å². The van der Waals surface area contributed by atoms with Crippen molar-refractivity contribution < 1.29 is 19.0 Å². The van der Waals surface area contributed by atoms with Gasteiger partial charge < -0.3 is 14.6 Å². The molecule has 1 aromatic carbocycles. The minimum Gasteiger partial charge on any atom is -0.496 e. The number of hydrogen-bond acceptors (Lipinski definition) is 3. The molecule has 0 heterocycles. The van der Waals surface area contributed by atoms with E-state index in [1.165, 1.54) is 25.3 Å². The summed E-state index contributed by atoms with van der Waals surface area (Å²) < 4.78 is 23.7. The van der Waals surface area contributed by atoms with E-state index in [9.17, 15) is 9.50 Å². The molecule has 0 radical (unpaired) electrons. The summed E-state index contributed by atoms with van der Waals surface area (Å²) >= 11 is 0. The van der Waals surface area contributed by atoms with E-state index < -0.39 is 11.9 Å². The van der Waals surface area contributed by atoms with E-state index in [-0.39, 0.29) is 6.10 Å². The van der Waals surface area contributed by atoms with Crippen LogP contribution in [-0.4, -0.2) is 24.9 Å². The van der Waals surface area contributed by atoms with Gasteiger partial charge in [-0.25, -0.2) is 4.39 Å². The van der Waals surface area contributed by atoms with E-state index in [1.54, 1.807) is 0 Å². The molecule has 96 valence electrons. The van der Waals surface area contributed by atoms with Crippen LogP contribution >= 0.6 is 0 Å². The van der Waals surface area contributed by atoms with Crippen LogP contribution < -0.4 is 4.74 Å². The van der Waals surface area contributed by atoms with Gasteiger partial charge in [-0.3, -0.25) is 0 Å². The average molecular weight is 242 g/mol. The normalized spacial score (nSPS) is 14.4. The maximum Gasteiger partial charge on any atom is 0.124 e. The zero-order valence-corrected chi connectivity index (χ0v) is 10.4. The number of aliphatic hydroxyl groups excluding tert-OH is 1. The Balaban J connectivity index is 2.99. The summed E-state index contributed by atoms with van der Waals surface area (Å²) in [6, 6.07) is 4.09. The van der Waals surface area contributed by atoms with Crippen LogP contribution in [0.15, 0.2) is 18.2 Å². The van der Waals surface area contributed by atoms with E-state index in [0.717, 1.165) is 0 Å².